The smallest absolute Gasteiger partial charge is 0.494 e. The number of amides is 2. The van der Waals surface area contributed by atoms with Gasteiger partial charge in [0, 0.05) is 11.3 Å². The number of nitrogens with zero attached hydrogens (tertiary/aromatic N) is 3. The number of hydrogen-bond donors (Lipinski definition) is 1. The van der Waals surface area contributed by atoms with Crippen molar-refractivity contribution in [2.45, 2.75) is 39.0 Å². The van der Waals surface area contributed by atoms with Crippen LogP contribution >= 0.6 is 0 Å². The minimum atomic E-state index is -4.04. The van der Waals surface area contributed by atoms with Gasteiger partial charge in [-0.25, -0.2) is 13.1 Å². The first kappa shape index (κ1) is 30.4. The molecule has 1 heterocycles. The zero-order valence-corrected chi connectivity index (χ0v) is 25.7. The van der Waals surface area contributed by atoms with Gasteiger partial charge in [0.25, 0.3) is 0 Å². The van der Waals surface area contributed by atoms with Crippen molar-refractivity contribution in [3.8, 4) is 22.6 Å². The van der Waals surface area contributed by atoms with Gasteiger partial charge in [-0.15, -0.1) is 0 Å². The molecule has 0 fully saturated rings. The number of sulfonamides is 1. The normalized spacial score (nSPS) is 11.0. The molecule has 0 radical (unpaired) electrons. The molecule has 1 aromatic heterocycles. The van der Waals surface area contributed by atoms with Gasteiger partial charge in [-0.2, -0.15) is 5.10 Å². The summed E-state index contributed by atoms with van der Waals surface area (Å²) in [5.41, 5.74) is 6.97. The van der Waals surface area contributed by atoms with E-state index in [2.05, 4.69) is 10.0 Å². The minimum Gasteiger partial charge on any atom is -0.494 e. The Balaban J connectivity index is 0.00000420. The molecule has 0 unspecified atom stereocenters. The van der Waals surface area contributed by atoms with Gasteiger partial charge in [-0.05, 0) is 88.2 Å². The number of aromatic nitrogens is 2. The van der Waals surface area contributed by atoms with Crippen molar-refractivity contribution in [3.05, 3.63) is 100 Å². The van der Waals surface area contributed by atoms with E-state index in [-0.39, 0.29) is 41.0 Å². The van der Waals surface area contributed by atoms with Gasteiger partial charge in [0.05, 0.1) is 22.9 Å². The van der Waals surface area contributed by atoms with Gasteiger partial charge in [0.1, 0.15) is 5.75 Å². The molecule has 4 rings (SSSR count). The van der Waals surface area contributed by atoms with Crippen molar-refractivity contribution in [3.63, 3.8) is 0 Å². The van der Waals surface area contributed by atoms with Crippen molar-refractivity contribution in [1.29, 1.82) is 0 Å². The molecule has 3 aromatic carbocycles. The molecule has 0 spiro atoms. The number of hydrogen-bond acceptors (Lipinski definition) is 5. The maximum atomic E-state index is 12.3. The fourth-order valence-corrected chi connectivity index (χ4v) is 5.09. The SMILES string of the molecule is CCOc1ccc(-c2c(C)nn(-c3ccc(CCNC(=O)[N-]S(=O)(=O)c4ccc(C)cc4)cc3)c2C)cc1.[Na+]. The van der Waals surface area contributed by atoms with Crippen LogP contribution in [0.25, 0.3) is 21.5 Å². The summed E-state index contributed by atoms with van der Waals surface area (Å²) >= 11 is 0. The summed E-state index contributed by atoms with van der Waals surface area (Å²) in [5.74, 6) is 0.840. The first-order valence-corrected chi connectivity index (χ1v) is 13.8. The Morgan fingerprint density at radius 3 is 2.21 bits per heavy atom. The van der Waals surface area contributed by atoms with E-state index in [9.17, 15) is 13.2 Å². The van der Waals surface area contributed by atoms with Crippen LogP contribution in [-0.2, 0) is 16.4 Å². The van der Waals surface area contributed by atoms with E-state index in [1.54, 1.807) is 12.1 Å². The maximum absolute atomic E-state index is 12.3. The van der Waals surface area contributed by atoms with E-state index >= 15 is 0 Å². The van der Waals surface area contributed by atoms with Crippen LogP contribution in [0.5, 0.6) is 5.75 Å². The van der Waals surface area contributed by atoms with E-state index in [0.29, 0.717) is 13.0 Å². The molecule has 10 heteroatoms. The third-order valence-electron chi connectivity index (χ3n) is 6.14. The summed E-state index contributed by atoms with van der Waals surface area (Å²) in [6.07, 6.45) is 0.528. The maximum Gasteiger partial charge on any atom is 1.00 e. The summed E-state index contributed by atoms with van der Waals surface area (Å²) in [7, 11) is -4.04. The Bertz CT molecular complexity index is 1520. The number of nitrogens with one attached hydrogen (secondary N) is 1. The largest absolute Gasteiger partial charge is 1.00 e. The molecule has 4 aromatic rings. The number of carbonyl (C=O) groups is 1. The van der Waals surface area contributed by atoms with Crippen molar-refractivity contribution in [2.75, 3.05) is 13.2 Å². The molecule has 198 valence electrons. The Kier molecular flexibility index (Phi) is 10.4. The molecule has 0 aliphatic heterocycles. The van der Waals surface area contributed by atoms with Crippen LogP contribution in [0, 0.1) is 20.8 Å². The van der Waals surface area contributed by atoms with Crippen molar-refractivity contribution >= 4 is 16.1 Å². The molecule has 1 N–H and O–H groups in total. The predicted octanol–water partition coefficient (Wildman–Crippen LogP) is 2.88. The Hall–Kier alpha value is -3.11. The molecule has 2 amide bonds. The second kappa shape index (κ2) is 13.3. The van der Waals surface area contributed by atoms with Gasteiger partial charge < -0.3 is 14.8 Å². The molecule has 0 bridgehead atoms. The molecule has 0 saturated heterocycles. The number of benzene rings is 3. The standard InChI is InChI=1S/C29H32N4O4S.Na/c1-5-37-26-14-10-24(11-15-26)28-21(3)31-33(22(28)4)25-12-8-23(9-13-25)18-19-30-29(34)32-38(35,36)27-16-6-20(2)7-17-27;/h6-17H,5,18-19H2,1-4H3,(H2,30,32,34);/q;+1/p-1. The zero-order chi connectivity index (χ0) is 27.3. The van der Waals surface area contributed by atoms with Crippen LogP contribution in [-0.4, -0.2) is 37.4 Å². The quantitative estimate of drug-likeness (QED) is 0.321. The fraction of sp³-hybridized carbons (Fsp3) is 0.241. The number of rotatable bonds is 9. The number of aryl methyl sites for hydroxylation is 2. The van der Waals surface area contributed by atoms with Crippen LogP contribution in [0.15, 0.2) is 77.7 Å². The molecule has 0 aliphatic rings. The van der Waals surface area contributed by atoms with Crippen molar-refractivity contribution in [1.82, 2.24) is 15.1 Å². The topological polar surface area (TPSA) is 104 Å². The number of carbonyl (C=O) groups excluding carboxylic acids is 1. The monoisotopic (exact) mass is 554 g/mol. The van der Waals surface area contributed by atoms with E-state index in [0.717, 1.165) is 45.1 Å². The molecule has 8 nitrogen and oxygen atoms in total. The number of urea groups is 1. The average Bonchev–Trinajstić information content (AvgIpc) is 3.19. The van der Waals surface area contributed by atoms with E-state index in [4.69, 9.17) is 9.84 Å². The van der Waals surface area contributed by atoms with E-state index in [1.807, 2.05) is 80.9 Å². The van der Waals surface area contributed by atoms with Gasteiger partial charge >= 0.3 is 29.6 Å². The fourth-order valence-electron chi connectivity index (χ4n) is 4.22. The number of ether oxygens (including phenoxy) is 1. The van der Waals surface area contributed by atoms with Gasteiger partial charge in [0.2, 0.25) is 10.0 Å². The summed E-state index contributed by atoms with van der Waals surface area (Å²) in [6, 6.07) is 21.2. The summed E-state index contributed by atoms with van der Waals surface area (Å²) in [6.45, 7) is 8.74. The van der Waals surface area contributed by atoms with Crippen LogP contribution in [0.3, 0.4) is 0 Å². The Morgan fingerprint density at radius 2 is 1.59 bits per heavy atom. The zero-order valence-electron chi connectivity index (χ0n) is 22.9. The molecule has 0 atom stereocenters. The molecule has 0 saturated carbocycles. The third-order valence-corrected chi connectivity index (χ3v) is 7.41. The summed E-state index contributed by atoms with van der Waals surface area (Å²) in [4.78, 5) is 12.1. The molecular formula is C29H31N4NaO4S. The molecular weight excluding hydrogens is 523 g/mol. The van der Waals surface area contributed by atoms with Crippen LogP contribution in [0.1, 0.15) is 29.4 Å². The van der Waals surface area contributed by atoms with Gasteiger partial charge in [-0.1, -0.05) is 42.0 Å². The Morgan fingerprint density at radius 1 is 0.949 bits per heavy atom. The van der Waals surface area contributed by atoms with Crippen LogP contribution in [0.2, 0.25) is 0 Å². The van der Waals surface area contributed by atoms with Crippen molar-refractivity contribution < 1.29 is 47.5 Å². The molecule has 39 heavy (non-hydrogen) atoms. The summed E-state index contributed by atoms with van der Waals surface area (Å²) < 4.78 is 35.4. The van der Waals surface area contributed by atoms with Gasteiger partial charge in [0.15, 0.2) is 6.03 Å². The predicted molar refractivity (Wildman–Crippen MR) is 148 cm³/mol. The van der Waals surface area contributed by atoms with Crippen LogP contribution in [0.4, 0.5) is 4.79 Å². The Labute approximate surface area is 252 Å². The van der Waals surface area contributed by atoms with E-state index in [1.165, 1.54) is 12.1 Å². The van der Waals surface area contributed by atoms with Crippen molar-refractivity contribution in [2.24, 2.45) is 0 Å². The third kappa shape index (κ3) is 7.51. The van der Waals surface area contributed by atoms with Gasteiger partial charge in [-0.3, -0.25) is 4.79 Å². The average molecular weight is 555 g/mol. The van der Waals surface area contributed by atoms with Crippen LogP contribution < -0.4 is 39.6 Å². The second-order valence-corrected chi connectivity index (χ2v) is 10.5. The second-order valence-electron chi connectivity index (χ2n) is 8.94. The first-order valence-electron chi connectivity index (χ1n) is 12.4. The minimum absolute atomic E-state index is 0. The summed E-state index contributed by atoms with van der Waals surface area (Å²) in [5, 5.41) is 7.31. The first-order chi connectivity index (χ1) is 18.2. The van der Waals surface area contributed by atoms with E-state index < -0.39 is 16.1 Å². The molecule has 0 aliphatic carbocycles.